The summed E-state index contributed by atoms with van der Waals surface area (Å²) in [6.07, 6.45) is 0. The fourth-order valence-electron chi connectivity index (χ4n) is 3.60. The summed E-state index contributed by atoms with van der Waals surface area (Å²) in [7, 11) is 0. The Kier molecular flexibility index (Phi) is 7.41. The maximum Gasteiger partial charge on any atom is 0.238 e. The van der Waals surface area contributed by atoms with Gasteiger partial charge in [0, 0.05) is 36.7 Å². The summed E-state index contributed by atoms with van der Waals surface area (Å²) in [4.78, 5) is 30.2. The Morgan fingerprint density at radius 3 is 2.10 bits per heavy atom. The Hall–Kier alpha value is -2.22. The van der Waals surface area contributed by atoms with Gasteiger partial charge in [0.05, 0.1) is 19.1 Å². The topological polar surface area (TPSA) is 64.7 Å². The molecule has 3 rings (SSSR count). The van der Waals surface area contributed by atoms with Crippen molar-refractivity contribution in [2.24, 2.45) is 0 Å². The average molecular weight is 415 g/mol. The maximum atomic E-state index is 12.4. The second kappa shape index (κ2) is 10.0. The van der Waals surface area contributed by atoms with E-state index in [4.69, 9.17) is 0 Å². The predicted molar refractivity (Wildman–Crippen MR) is 118 cm³/mol. The number of rotatable bonds is 7. The lowest BCUT2D eigenvalue weighted by Gasteiger charge is -2.34. The van der Waals surface area contributed by atoms with Gasteiger partial charge in [0.1, 0.15) is 0 Å². The number of aryl methyl sites for hydroxylation is 2. The van der Waals surface area contributed by atoms with Gasteiger partial charge in [0.2, 0.25) is 11.8 Å². The summed E-state index contributed by atoms with van der Waals surface area (Å²) in [6, 6.07) is 10.1. The Morgan fingerprint density at radius 2 is 1.55 bits per heavy atom. The Balaban J connectivity index is 1.40. The molecule has 2 aromatic rings. The molecule has 1 unspecified atom stereocenters. The Bertz CT molecular complexity index is 809. The van der Waals surface area contributed by atoms with E-state index in [2.05, 4.69) is 20.4 Å². The molecule has 1 aromatic carbocycles. The first-order valence-electron chi connectivity index (χ1n) is 10.1. The molecule has 29 heavy (non-hydrogen) atoms. The van der Waals surface area contributed by atoms with Gasteiger partial charge in [-0.2, -0.15) is 0 Å². The number of benzene rings is 1. The van der Waals surface area contributed by atoms with Gasteiger partial charge in [-0.25, -0.2) is 0 Å². The molecule has 1 saturated heterocycles. The van der Waals surface area contributed by atoms with E-state index >= 15 is 0 Å². The van der Waals surface area contributed by atoms with Gasteiger partial charge in [-0.1, -0.05) is 24.3 Å². The van der Waals surface area contributed by atoms with E-state index in [0.29, 0.717) is 13.1 Å². The number of hydrogen-bond donors (Lipinski definition) is 2. The molecule has 6 nitrogen and oxygen atoms in total. The van der Waals surface area contributed by atoms with Crippen molar-refractivity contribution in [2.45, 2.75) is 26.8 Å². The Morgan fingerprint density at radius 1 is 0.966 bits per heavy atom. The number of thiophene rings is 1. The lowest BCUT2D eigenvalue weighted by atomic mass is 10.1. The summed E-state index contributed by atoms with van der Waals surface area (Å²) in [5, 5.41) is 8.13. The van der Waals surface area contributed by atoms with Gasteiger partial charge in [0.25, 0.3) is 0 Å². The van der Waals surface area contributed by atoms with Gasteiger partial charge in [-0.15, -0.1) is 11.3 Å². The van der Waals surface area contributed by atoms with E-state index in [1.165, 1.54) is 0 Å². The normalized spacial score (nSPS) is 16.4. The maximum absolute atomic E-state index is 12.4. The quantitative estimate of drug-likeness (QED) is 0.731. The molecule has 1 aliphatic heterocycles. The fraction of sp³-hybridized carbons (Fsp3) is 0.455. The van der Waals surface area contributed by atoms with Gasteiger partial charge in [-0.3, -0.25) is 19.4 Å². The van der Waals surface area contributed by atoms with E-state index in [9.17, 15) is 9.59 Å². The molecule has 2 N–H and O–H groups in total. The van der Waals surface area contributed by atoms with Crippen molar-refractivity contribution >= 4 is 28.8 Å². The van der Waals surface area contributed by atoms with Gasteiger partial charge < -0.3 is 10.6 Å². The smallest absolute Gasteiger partial charge is 0.238 e. The highest BCUT2D eigenvalue weighted by atomic mass is 32.1. The molecule has 7 heteroatoms. The number of carbonyl (C=O) groups excluding carboxylic acids is 2. The van der Waals surface area contributed by atoms with Crippen LogP contribution in [0, 0.1) is 13.8 Å². The van der Waals surface area contributed by atoms with Gasteiger partial charge >= 0.3 is 0 Å². The predicted octanol–water partition coefficient (Wildman–Crippen LogP) is 2.80. The number of nitrogens with zero attached hydrogens (tertiary/aromatic N) is 2. The average Bonchev–Trinajstić information content (AvgIpc) is 3.21. The molecular formula is C22H30N4O2S. The van der Waals surface area contributed by atoms with Crippen LogP contribution in [-0.4, -0.2) is 60.9 Å². The molecule has 2 heterocycles. The van der Waals surface area contributed by atoms with Crippen molar-refractivity contribution < 1.29 is 9.59 Å². The van der Waals surface area contributed by atoms with Crippen molar-refractivity contribution in [3.05, 3.63) is 51.7 Å². The zero-order valence-electron chi connectivity index (χ0n) is 17.4. The second-order valence-corrected chi connectivity index (χ2v) is 8.65. The highest BCUT2D eigenvalue weighted by Crippen LogP contribution is 2.19. The largest absolute Gasteiger partial charge is 0.348 e. The summed E-state index contributed by atoms with van der Waals surface area (Å²) in [5.74, 6) is 0.0606. The zero-order chi connectivity index (χ0) is 20.8. The molecule has 0 radical (unpaired) electrons. The third kappa shape index (κ3) is 6.13. The van der Waals surface area contributed by atoms with E-state index < -0.39 is 0 Å². The first-order valence-corrected chi connectivity index (χ1v) is 10.9. The van der Waals surface area contributed by atoms with Crippen LogP contribution in [0.5, 0.6) is 0 Å². The van der Waals surface area contributed by atoms with Crippen LogP contribution < -0.4 is 10.6 Å². The highest BCUT2D eigenvalue weighted by molar-refractivity contribution is 7.10. The zero-order valence-corrected chi connectivity index (χ0v) is 18.2. The summed E-state index contributed by atoms with van der Waals surface area (Å²) < 4.78 is 0. The van der Waals surface area contributed by atoms with Crippen molar-refractivity contribution in [1.82, 2.24) is 15.1 Å². The third-order valence-corrected chi connectivity index (χ3v) is 6.35. The number of amides is 2. The monoisotopic (exact) mass is 414 g/mol. The van der Waals surface area contributed by atoms with E-state index in [1.54, 1.807) is 11.3 Å². The molecule has 156 valence electrons. The molecule has 1 atom stereocenters. The molecule has 1 aliphatic rings. The molecule has 1 fully saturated rings. The standard InChI is InChI=1S/C22H30N4O2S/c1-16-6-4-7-17(2)22(16)24-21(28)15-26-11-9-25(10-12-26)14-20(27)23-18(3)19-8-5-13-29-19/h4-8,13,18H,9-12,14-15H2,1-3H3,(H,23,27)(H,24,28). The van der Waals surface area contributed by atoms with E-state index in [-0.39, 0.29) is 17.9 Å². The number of para-hydroxylation sites is 1. The molecule has 1 aromatic heterocycles. The molecule has 0 aliphatic carbocycles. The minimum absolute atomic E-state index is 0.0124. The molecule has 0 spiro atoms. The van der Waals surface area contributed by atoms with Gasteiger partial charge in [0.15, 0.2) is 0 Å². The fourth-order valence-corrected chi connectivity index (χ4v) is 4.33. The number of piperazine rings is 1. The summed E-state index contributed by atoms with van der Waals surface area (Å²) in [5.41, 5.74) is 3.06. The SMILES string of the molecule is Cc1cccc(C)c1NC(=O)CN1CCN(CC(=O)NC(C)c2cccs2)CC1. The summed E-state index contributed by atoms with van der Waals surface area (Å²) in [6.45, 7) is 9.95. The van der Waals surface area contributed by atoms with Crippen LogP contribution in [0.15, 0.2) is 35.7 Å². The summed E-state index contributed by atoms with van der Waals surface area (Å²) >= 11 is 1.65. The van der Waals surface area contributed by atoms with Crippen LogP contribution in [-0.2, 0) is 9.59 Å². The minimum Gasteiger partial charge on any atom is -0.348 e. The van der Waals surface area contributed by atoms with Crippen molar-refractivity contribution in [3.63, 3.8) is 0 Å². The van der Waals surface area contributed by atoms with E-state index in [1.807, 2.05) is 56.5 Å². The third-order valence-electron chi connectivity index (χ3n) is 5.29. The number of carbonyl (C=O) groups is 2. The lowest BCUT2D eigenvalue weighted by molar-refractivity contribution is -0.124. The van der Waals surface area contributed by atoms with Crippen LogP contribution in [0.2, 0.25) is 0 Å². The van der Waals surface area contributed by atoms with Crippen LogP contribution in [0.25, 0.3) is 0 Å². The van der Waals surface area contributed by atoms with Crippen LogP contribution in [0.1, 0.15) is 29.0 Å². The van der Waals surface area contributed by atoms with Crippen molar-refractivity contribution in [2.75, 3.05) is 44.6 Å². The van der Waals surface area contributed by atoms with E-state index in [0.717, 1.165) is 47.9 Å². The number of hydrogen-bond acceptors (Lipinski definition) is 5. The lowest BCUT2D eigenvalue weighted by Crippen LogP contribution is -2.51. The first kappa shape index (κ1) is 21.5. The minimum atomic E-state index is 0.0124. The van der Waals surface area contributed by atoms with Crippen molar-refractivity contribution in [3.8, 4) is 0 Å². The Labute approximate surface area is 176 Å². The van der Waals surface area contributed by atoms with Crippen LogP contribution in [0.4, 0.5) is 5.69 Å². The molecule has 2 amide bonds. The second-order valence-electron chi connectivity index (χ2n) is 7.67. The number of nitrogens with one attached hydrogen (secondary N) is 2. The van der Waals surface area contributed by atoms with Crippen LogP contribution in [0.3, 0.4) is 0 Å². The van der Waals surface area contributed by atoms with Crippen LogP contribution >= 0.6 is 11.3 Å². The van der Waals surface area contributed by atoms with Crippen molar-refractivity contribution in [1.29, 1.82) is 0 Å². The first-order chi connectivity index (χ1) is 13.9. The molecule has 0 bridgehead atoms. The van der Waals surface area contributed by atoms with Gasteiger partial charge in [-0.05, 0) is 43.3 Å². The number of anilines is 1. The molecular weight excluding hydrogens is 384 g/mol. The molecule has 0 saturated carbocycles. The highest BCUT2D eigenvalue weighted by Gasteiger charge is 2.21.